The molecule has 1 saturated carbocycles. The minimum absolute atomic E-state index is 0.00815. The molecule has 2 aromatic carbocycles. The van der Waals surface area contributed by atoms with E-state index in [1.807, 2.05) is 38.1 Å². The number of aliphatic hydroxyl groups excluding tert-OH is 1. The van der Waals surface area contributed by atoms with Crippen LogP contribution in [0, 0.1) is 23.0 Å². The molecule has 4 rings (SSSR count). The standard InChI is InChI=1S/C36H47F2N3O3/c1-4-15-41(16-5-2)34(44)35(22-25(3)17-27(23-35)33(39)43)31(20-26-18-29(37)21-30(38)19-26)32(42)24-40-36(13-9-10-14-36)28-11-7-6-8-12-28/h6-8,11-12,17-19,21-22,31-32,40,42H,4-5,9-10,13-16,20,23-24H2,1-3H3,(H2,39,43)/t31-,32+,35?/m1/s1. The third kappa shape index (κ3) is 7.46. The largest absolute Gasteiger partial charge is 0.391 e. The highest BCUT2D eigenvalue weighted by Gasteiger charge is 2.51. The molecule has 0 aliphatic heterocycles. The van der Waals surface area contributed by atoms with Crippen LogP contribution >= 0.6 is 0 Å². The lowest BCUT2D eigenvalue weighted by Crippen LogP contribution is -2.55. The topological polar surface area (TPSA) is 95.7 Å². The number of nitrogens with one attached hydrogen (secondary N) is 1. The van der Waals surface area contributed by atoms with Crippen LogP contribution in [0.15, 0.2) is 71.8 Å². The number of primary amides is 1. The first-order valence-corrected chi connectivity index (χ1v) is 16.0. The first-order valence-electron chi connectivity index (χ1n) is 16.0. The van der Waals surface area contributed by atoms with Gasteiger partial charge in [-0.3, -0.25) is 9.59 Å². The summed E-state index contributed by atoms with van der Waals surface area (Å²) < 4.78 is 28.9. The number of hydrogen-bond donors (Lipinski definition) is 3. The monoisotopic (exact) mass is 607 g/mol. The Labute approximate surface area is 260 Å². The fourth-order valence-electron chi connectivity index (χ4n) is 7.37. The second-order valence-corrected chi connectivity index (χ2v) is 12.6. The van der Waals surface area contributed by atoms with E-state index in [9.17, 15) is 23.5 Å². The number of amides is 2. The summed E-state index contributed by atoms with van der Waals surface area (Å²) in [5.74, 6) is -3.14. The van der Waals surface area contributed by atoms with E-state index in [1.165, 1.54) is 12.1 Å². The average Bonchev–Trinajstić information content (AvgIpc) is 3.48. The summed E-state index contributed by atoms with van der Waals surface area (Å²) in [4.78, 5) is 29.1. The lowest BCUT2D eigenvalue weighted by molar-refractivity contribution is -0.145. The summed E-state index contributed by atoms with van der Waals surface area (Å²) in [6.07, 6.45) is 7.79. The number of nitrogens with two attached hydrogens (primary N) is 1. The van der Waals surface area contributed by atoms with Crippen molar-refractivity contribution >= 4 is 11.8 Å². The highest BCUT2D eigenvalue weighted by atomic mass is 19.1. The number of benzene rings is 2. The van der Waals surface area contributed by atoms with Crippen molar-refractivity contribution in [2.45, 2.75) is 83.8 Å². The molecule has 1 fully saturated rings. The van der Waals surface area contributed by atoms with E-state index in [4.69, 9.17) is 5.73 Å². The first kappa shape index (κ1) is 33.5. The minimum atomic E-state index is -1.37. The summed E-state index contributed by atoms with van der Waals surface area (Å²) in [5, 5.41) is 15.8. The molecule has 0 heterocycles. The van der Waals surface area contributed by atoms with Crippen LogP contribution in [0.5, 0.6) is 0 Å². The van der Waals surface area contributed by atoms with Crippen molar-refractivity contribution in [3.05, 3.63) is 94.6 Å². The molecule has 0 bridgehead atoms. The van der Waals surface area contributed by atoms with E-state index in [0.29, 0.717) is 29.8 Å². The molecule has 1 unspecified atom stereocenters. The minimum Gasteiger partial charge on any atom is -0.391 e. The summed E-state index contributed by atoms with van der Waals surface area (Å²) in [6.45, 7) is 6.95. The molecule has 3 atom stereocenters. The van der Waals surface area contributed by atoms with Gasteiger partial charge in [-0.05, 0) is 68.7 Å². The maximum atomic E-state index is 14.8. The molecule has 6 nitrogen and oxygen atoms in total. The molecular weight excluding hydrogens is 560 g/mol. The molecule has 0 radical (unpaired) electrons. The molecule has 0 spiro atoms. The number of hydrogen-bond acceptors (Lipinski definition) is 4. The number of carbonyl (C=O) groups is 2. The van der Waals surface area contributed by atoms with Crippen LogP contribution < -0.4 is 11.1 Å². The van der Waals surface area contributed by atoms with E-state index < -0.39 is 35.0 Å². The molecule has 4 N–H and O–H groups in total. The second kappa shape index (κ2) is 14.6. The van der Waals surface area contributed by atoms with Crippen molar-refractivity contribution in [2.24, 2.45) is 17.1 Å². The summed E-state index contributed by atoms with van der Waals surface area (Å²) in [6, 6.07) is 13.5. The predicted octanol–water partition coefficient (Wildman–Crippen LogP) is 5.94. The van der Waals surface area contributed by atoms with Gasteiger partial charge in [-0.2, -0.15) is 0 Å². The van der Waals surface area contributed by atoms with Crippen LogP contribution in [-0.2, 0) is 21.5 Å². The number of nitrogens with zero attached hydrogens (tertiary/aromatic N) is 1. The number of aliphatic hydroxyl groups is 1. The van der Waals surface area contributed by atoms with Gasteiger partial charge < -0.3 is 21.1 Å². The molecule has 2 aromatic rings. The molecule has 0 saturated heterocycles. The molecule has 2 amide bonds. The summed E-state index contributed by atoms with van der Waals surface area (Å²) >= 11 is 0. The van der Waals surface area contributed by atoms with Gasteiger partial charge in [0.2, 0.25) is 11.8 Å². The van der Waals surface area contributed by atoms with Gasteiger partial charge in [0, 0.05) is 42.7 Å². The van der Waals surface area contributed by atoms with Gasteiger partial charge in [0.15, 0.2) is 0 Å². The lowest BCUT2D eigenvalue weighted by atomic mass is 9.63. The van der Waals surface area contributed by atoms with Crippen molar-refractivity contribution in [3.63, 3.8) is 0 Å². The van der Waals surface area contributed by atoms with Crippen molar-refractivity contribution in [1.82, 2.24) is 10.2 Å². The Bertz CT molecular complexity index is 1340. The zero-order valence-corrected chi connectivity index (χ0v) is 26.3. The van der Waals surface area contributed by atoms with Crippen molar-refractivity contribution in [1.29, 1.82) is 0 Å². The molecule has 2 aliphatic rings. The normalized spacial score (nSPS) is 20.9. The third-order valence-electron chi connectivity index (χ3n) is 9.30. The van der Waals surface area contributed by atoms with Gasteiger partial charge in [0.1, 0.15) is 11.6 Å². The Hall–Kier alpha value is -3.36. The van der Waals surface area contributed by atoms with Gasteiger partial charge in [-0.25, -0.2) is 8.78 Å². The Balaban J connectivity index is 1.81. The van der Waals surface area contributed by atoms with E-state index >= 15 is 0 Å². The second-order valence-electron chi connectivity index (χ2n) is 12.6. The molecule has 238 valence electrons. The van der Waals surface area contributed by atoms with Crippen LogP contribution in [0.25, 0.3) is 0 Å². The van der Waals surface area contributed by atoms with Crippen molar-refractivity contribution in [2.75, 3.05) is 19.6 Å². The van der Waals surface area contributed by atoms with E-state index in [0.717, 1.165) is 50.2 Å². The number of halogens is 2. The lowest BCUT2D eigenvalue weighted by Gasteiger charge is -2.45. The Morgan fingerprint density at radius 3 is 2.20 bits per heavy atom. The zero-order chi connectivity index (χ0) is 31.9. The van der Waals surface area contributed by atoms with Gasteiger partial charge in [-0.1, -0.05) is 74.7 Å². The molecule has 2 aliphatic carbocycles. The third-order valence-corrected chi connectivity index (χ3v) is 9.30. The summed E-state index contributed by atoms with van der Waals surface area (Å²) in [7, 11) is 0. The van der Waals surface area contributed by atoms with Crippen LogP contribution in [0.3, 0.4) is 0 Å². The van der Waals surface area contributed by atoms with Crippen LogP contribution in [0.2, 0.25) is 0 Å². The molecule has 44 heavy (non-hydrogen) atoms. The Morgan fingerprint density at radius 1 is 1.02 bits per heavy atom. The predicted molar refractivity (Wildman–Crippen MR) is 169 cm³/mol. The van der Waals surface area contributed by atoms with Gasteiger partial charge in [0.25, 0.3) is 0 Å². The highest BCUT2D eigenvalue weighted by Crippen LogP contribution is 2.46. The molecule has 8 heteroatoms. The van der Waals surface area contributed by atoms with Crippen LogP contribution in [0.1, 0.15) is 76.8 Å². The van der Waals surface area contributed by atoms with E-state index in [1.54, 1.807) is 17.9 Å². The van der Waals surface area contributed by atoms with Crippen molar-refractivity contribution < 1.29 is 23.5 Å². The first-order chi connectivity index (χ1) is 21.0. The highest BCUT2D eigenvalue weighted by molar-refractivity contribution is 5.96. The summed E-state index contributed by atoms with van der Waals surface area (Å²) in [5.41, 5.74) is 6.54. The fraction of sp³-hybridized carbons (Fsp3) is 0.500. The smallest absolute Gasteiger partial charge is 0.244 e. The number of rotatable bonds is 14. The quantitative estimate of drug-likeness (QED) is 0.248. The van der Waals surface area contributed by atoms with Crippen LogP contribution in [-0.4, -0.2) is 47.6 Å². The number of carbonyl (C=O) groups excluding carboxylic acids is 2. The van der Waals surface area contributed by atoms with Crippen molar-refractivity contribution in [3.8, 4) is 0 Å². The van der Waals surface area contributed by atoms with E-state index in [2.05, 4.69) is 17.4 Å². The van der Waals surface area contributed by atoms with E-state index in [-0.39, 0.29) is 30.8 Å². The SMILES string of the molecule is CCCN(CCC)C(=O)C1([C@H](Cc2cc(F)cc(F)c2)[C@@H](O)CNC2(c3ccccc3)CCCC2)C=C(C)C=C(C(N)=O)C1. The maximum Gasteiger partial charge on any atom is 0.244 e. The Morgan fingerprint density at radius 2 is 1.64 bits per heavy atom. The Kier molecular flexibility index (Phi) is 11.1. The van der Waals surface area contributed by atoms with Crippen LogP contribution in [0.4, 0.5) is 8.78 Å². The molecular formula is C36H47F2N3O3. The zero-order valence-electron chi connectivity index (χ0n) is 26.3. The maximum absolute atomic E-state index is 14.8. The van der Waals surface area contributed by atoms with Gasteiger partial charge in [0.05, 0.1) is 11.5 Å². The number of allylic oxidation sites excluding steroid dienone is 2. The average molecular weight is 608 g/mol. The fourth-order valence-corrected chi connectivity index (χ4v) is 7.37. The molecule has 0 aromatic heterocycles. The van der Waals surface area contributed by atoms with Gasteiger partial charge >= 0.3 is 0 Å². The van der Waals surface area contributed by atoms with Gasteiger partial charge in [-0.15, -0.1) is 0 Å².